The molecule has 0 bridgehead atoms. The molecule has 1 aromatic heterocycles. The summed E-state index contributed by atoms with van der Waals surface area (Å²) < 4.78 is 6.37. The van der Waals surface area contributed by atoms with Gasteiger partial charge in [0.2, 0.25) is 0 Å². The Balaban J connectivity index is 1.09. The van der Waals surface area contributed by atoms with Crippen molar-refractivity contribution in [3.05, 3.63) is 214 Å². The summed E-state index contributed by atoms with van der Waals surface area (Å²) in [5.74, 6) is 0. The van der Waals surface area contributed by atoms with E-state index in [0.29, 0.717) is 0 Å². The number of nitrogens with zero attached hydrogens (tertiary/aromatic N) is 1. The molecule has 0 radical (unpaired) electrons. The van der Waals surface area contributed by atoms with Crippen molar-refractivity contribution >= 4 is 45.1 Å². The Bertz CT molecular complexity index is 3240. The molecule has 1 spiro atoms. The van der Waals surface area contributed by atoms with Crippen molar-refractivity contribution in [3.8, 4) is 33.4 Å². The molecular formula is C56H39NO. The van der Waals surface area contributed by atoms with E-state index in [4.69, 9.17) is 4.42 Å². The first-order valence-electron chi connectivity index (χ1n) is 20.6. The van der Waals surface area contributed by atoms with Crippen LogP contribution in [0.25, 0.3) is 61.4 Å². The highest BCUT2D eigenvalue weighted by Crippen LogP contribution is 2.64. The number of hydrogen-bond acceptors (Lipinski definition) is 2. The van der Waals surface area contributed by atoms with Gasteiger partial charge in [-0.25, -0.2) is 0 Å². The third-order valence-electron chi connectivity index (χ3n) is 13.9. The van der Waals surface area contributed by atoms with Crippen LogP contribution in [0.2, 0.25) is 0 Å². The fraction of sp³-hybridized carbons (Fsp3) is 0.107. The number of benzene rings is 8. The monoisotopic (exact) mass is 741 g/mol. The second kappa shape index (κ2) is 11.4. The maximum atomic E-state index is 6.37. The first kappa shape index (κ1) is 32.2. The lowest BCUT2D eigenvalue weighted by atomic mass is 9.70. The van der Waals surface area contributed by atoms with E-state index in [-0.39, 0.29) is 5.41 Å². The molecule has 2 heteroatoms. The molecule has 0 N–H and O–H groups in total. The molecule has 1 heterocycles. The van der Waals surface area contributed by atoms with E-state index in [9.17, 15) is 0 Å². The van der Waals surface area contributed by atoms with Crippen LogP contribution in [-0.4, -0.2) is 0 Å². The Labute approximate surface area is 338 Å². The molecule has 0 amide bonds. The normalized spacial score (nSPS) is 15.5. The zero-order chi connectivity index (χ0) is 38.3. The van der Waals surface area contributed by atoms with E-state index < -0.39 is 5.41 Å². The van der Waals surface area contributed by atoms with Gasteiger partial charge in [0.15, 0.2) is 0 Å². The summed E-state index contributed by atoms with van der Waals surface area (Å²) in [4.78, 5) is 2.48. The summed E-state index contributed by atoms with van der Waals surface area (Å²) in [5.41, 5.74) is 23.6. The molecule has 13 rings (SSSR count). The molecule has 0 atom stereocenters. The van der Waals surface area contributed by atoms with Crippen LogP contribution in [0.15, 0.2) is 174 Å². The molecule has 8 aromatic carbocycles. The lowest BCUT2D eigenvalue weighted by molar-refractivity contribution is 0.660. The SMILES string of the molecule is CC1(C)c2ccccc2-c2ccc(N(c3ccc4c(c3)C3(c5ccccc5-c5ccccc53)c3cc5c(cc3-4)CCC=C5)c3ccc4oc5ccccc5c4c3)cc21. The van der Waals surface area contributed by atoms with E-state index in [2.05, 4.69) is 189 Å². The molecule has 4 aliphatic rings. The maximum absolute atomic E-state index is 6.37. The first-order chi connectivity index (χ1) is 28.5. The standard InChI is InChI=1S/C56H39NO/c1-55(2)47-19-9-5-15-39(47)42-26-23-37(32-50(42)55)57(36-25-28-54-46(31-36)44-18-8-12-22-53(44)58-54)38-24-27-43-45-29-34-13-3-4-14-35(34)30-51(45)56(52(43)33-38)48-20-10-6-16-40(48)41-17-7-11-21-49(41)56/h4-12,14-33H,3,13H2,1-2H3. The minimum Gasteiger partial charge on any atom is -0.456 e. The summed E-state index contributed by atoms with van der Waals surface area (Å²) >= 11 is 0. The highest BCUT2D eigenvalue weighted by molar-refractivity contribution is 6.07. The van der Waals surface area contributed by atoms with Crippen molar-refractivity contribution in [1.29, 1.82) is 0 Å². The lowest BCUT2D eigenvalue weighted by Gasteiger charge is -2.33. The van der Waals surface area contributed by atoms with Crippen molar-refractivity contribution in [1.82, 2.24) is 0 Å². The van der Waals surface area contributed by atoms with Crippen molar-refractivity contribution in [2.24, 2.45) is 0 Å². The minimum absolute atomic E-state index is 0.132. The highest BCUT2D eigenvalue weighted by atomic mass is 16.3. The fourth-order valence-corrected chi connectivity index (χ4v) is 11.3. The average molecular weight is 742 g/mol. The van der Waals surface area contributed by atoms with Gasteiger partial charge in [-0.1, -0.05) is 135 Å². The number of rotatable bonds is 3. The fourth-order valence-electron chi connectivity index (χ4n) is 11.3. The van der Waals surface area contributed by atoms with Gasteiger partial charge in [0.05, 0.1) is 5.41 Å². The molecule has 2 nitrogen and oxygen atoms in total. The predicted octanol–water partition coefficient (Wildman–Crippen LogP) is 14.7. The molecule has 58 heavy (non-hydrogen) atoms. The quantitative estimate of drug-likeness (QED) is 0.179. The lowest BCUT2D eigenvalue weighted by Crippen LogP contribution is -2.26. The molecule has 0 unspecified atom stereocenters. The van der Waals surface area contributed by atoms with Crippen molar-refractivity contribution in [2.75, 3.05) is 4.90 Å². The Morgan fingerprint density at radius 3 is 1.76 bits per heavy atom. The number of anilines is 3. The van der Waals surface area contributed by atoms with Crippen LogP contribution in [0.5, 0.6) is 0 Å². The Hall–Kier alpha value is -6.90. The second-order valence-electron chi connectivity index (χ2n) is 17.1. The minimum atomic E-state index is -0.452. The van der Waals surface area contributed by atoms with E-state index in [1.54, 1.807) is 0 Å². The number of fused-ring (bicyclic) bond motifs is 17. The van der Waals surface area contributed by atoms with E-state index >= 15 is 0 Å². The Morgan fingerprint density at radius 2 is 1.00 bits per heavy atom. The van der Waals surface area contributed by atoms with Gasteiger partial charge in [0.1, 0.15) is 11.2 Å². The van der Waals surface area contributed by atoms with Crippen LogP contribution < -0.4 is 4.90 Å². The van der Waals surface area contributed by atoms with E-state index in [1.807, 2.05) is 6.07 Å². The highest BCUT2D eigenvalue weighted by Gasteiger charge is 2.52. The summed E-state index contributed by atoms with van der Waals surface area (Å²) in [7, 11) is 0. The van der Waals surface area contributed by atoms with Crippen LogP contribution in [-0.2, 0) is 17.3 Å². The zero-order valence-corrected chi connectivity index (χ0v) is 32.5. The van der Waals surface area contributed by atoms with Crippen LogP contribution in [0, 0.1) is 0 Å². The molecule has 0 fully saturated rings. The van der Waals surface area contributed by atoms with Gasteiger partial charge in [-0.15, -0.1) is 0 Å². The van der Waals surface area contributed by atoms with Crippen LogP contribution in [0.1, 0.15) is 64.8 Å². The van der Waals surface area contributed by atoms with Gasteiger partial charge in [-0.05, 0) is 145 Å². The molecular weight excluding hydrogens is 703 g/mol. The van der Waals surface area contributed by atoms with Crippen molar-refractivity contribution in [2.45, 2.75) is 37.5 Å². The summed E-state index contributed by atoms with van der Waals surface area (Å²) in [5, 5.41) is 2.25. The molecule has 4 aliphatic carbocycles. The van der Waals surface area contributed by atoms with Crippen LogP contribution in [0.4, 0.5) is 17.1 Å². The Morgan fingerprint density at radius 1 is 0.448 bits per heavy atom. The second-order valence-corrected chi connectivity index (χ2v) is 17.1. The third-order valence-corrected chi connectivity index (χ3v) is 13.9. The third kappa shape index (κ3) is 4.07. The molecule has 9 aromatic rings. The zero-order valence-electron chi connectivity index (χ0n) is 32.5. The Kier molecular flexibility index (Phi) is 6.31. The smallest absolute Gasteiger partial charge is 0.135 e. The molecule has 0 aliphatic heterocycles. The number of furan rings is 1. The van der Waals surface area contributed by atoms with Crippen molar-refractivity contribution < 1.29 is 4.42 Å². The van der Waals surface area contributed by atoms with Gasteiger partial charge >= 0.3 is 0 Å². The molecule has 0 saturated carbocycles. The average Bonchev–Trinajstić information content (AvgIpc) is 3.95. The van der Waals surface area contributed by atoms with E-state index in [0.717, 1.165) is 51.8 Å². The molecule has 0 saturated heterocycles. The summed E-state index contributed by atoms with van der Waals surface area (Å²) in [6.07, 6.45) is 6.85. The predicted molar refractivity (Wildman–Crippen MR) is 240 cm³/mol. The van der Waals surface area contributed by atoms with Crippen molar-refractivity contribution in [3.63, 3.8) is 0 Å². The summed E-state index contributed by atoms with van der Waals surface area (Å²) in [6.45, 7) is 4.74. The van der Waals surface area contributed by atoms with Gasteiger partial charge in [0, 0.05) is 33.2 Å². The number of aryl methyl sites for hydroxylation is 1. The molecule has 274 valence electrons. The number of para-hydroxylation sites is 1. The van der Waals surface area contributed by atoms with Gasteiger partial charge in [-0.2, -0.15) is 0 Å². The van der Waals surface area contributed by atoms with Crippen LogP contribution in [0.3, 0.4) is 0 Å². The van der Waals surface area contributed by atoms with E-state index in [1.165, 1.54) is 77.9 Å². The summed E-state index contributed by atoms with van der Waals surface area (Å²) in [6, 6.07) is 61.7. The maximum Gasteiger partial charge on any atom is 0.135 e. The van der Waals surface area contributed by atoms with Gasteiger partial charge in [0.25, 0.3) is 0 Å². The first-order valence-corrected chi connectivity index (χ1v) is 20.6. The van der Waals surface area contributed by atoms with Gasteiger partial charge in [-0.3, -0.25) is 0 Å². The number of hydrogen-bond donors (Lipinski definition) is 0. The topological polar surface area (TPSA) is 16.4 Å². The number of allylic oxidation sites excluding steroid dienone is 1. The largest absolute Gasteiger partial charge is 0.456 e. The van der Waals surface area contributed by atoms with Gasteiger partial charge < -0.3 is 9.32 Å². The van der Waals surface area contributed by atoms with Crippen LogP contribution >= 0.6 is 0 Å².